The molecule has 0 aromatic heterocycles. The molecule has 1 aliphatic heterocycles. The Bertz CT molecular complexity index is 628. The van der Waals surface area contributed by atoms with Gasteiger partial charge in [-0.3, -0.25) is 0 Å². The molecule has 0 radical (unpaired) electrons. The van der Waals surface area contributed by atoms with Crippen molar-refractivity contribution in [1.82, 2.24) is 0 Å². The molecule has 1 aliphatic rings. The quantitative estimate of drug-likeness (QED) is 0.900. The lowest BCUT2D eigenvalue weighted by Crippen LogP contribution is -2.02. The Hall–Kier alpha value is -1.23. The van der Waals surface area contributed by atoms with E-state index in [1.165, 1.54) is 0 Å². The zero-order chi connectivity index (χ0) is 14.1. The van der Waals surface area contributed by atoms with Gasteiger partial charge in [-0.25, -0.2) is 0 Å². The third-order valence-electron chi connectivity index (χ3n) is 3.18. The Labute approximate surface area is 130 Å². The lowest BCUT2D eigenvalue weighted by molar-refractivity contribution is 0.171. The standard InChI is InChI=1S/C15H12BrClO3/c16-11-3-1-9(2-4-11)5-13(18)10-6-12(17)15-14(7-10)19-8-20-15/h1-4,6-7,13,18H,5,8H2. The van der Waals surface area contributed by atoms with Crippen molar-refractivity contribution in [1.29, 1.82) is 0 Å². The van der Waals surface area contributed by atoms with E-state index in [1.807, 2.05) is 24.3 Å². The van der Waals surface area contributed by atoms with Crippen LogP contribution in [0.2, 0.25) is 5.02 Å². The van der Waals surface area contributed by atoms with Gasteiger partial charge in [0.2, 0.25) is 6.79 Å². The molecule has 1 unspecified atom stereocenters. The van der Waals surface area contributed by atoms with Crippen molar-refractivity contribution in [3.05, 3.63) is 57.0 Å². The highest BCUT2D eigenvalue weighted by Gasteiger charge is 2.20. The summed E-state index contributed by atoms with van der Waals surface area (Å²) in [5.41, 5.74) is 1.77. The van der Waals surface area contributed by atoms with Gasteiger partial charge in [-0.2, -0.15) is 0 Å². The number of fused-ring (bicyclic) bond motifs is 1. The summed E-state index contributed by atoms with van der Waals surface area (Å²) in [4.78, 5) is 0. The van der Waals surface area contributed by atoms with E-state index in [0.29, 0.717) is 22.9 Å². The van der Waals surface area contributed by atoms with Gasteiger partial charge < -0.3 is 14.6 Å². The van der Waals surface area contributed by atoms with E-state index in [1.54, 1.807) is 12.1 Å². The van der Waals surface area contributed by atoms with Crippen LogP contribution in [0.15, 0.2) is 40.9 Å². The van der Waals surface area contributed by atoms with E-state index >= 15 is 0 Å². The van der Waals surface area contributed by atoms with Crippen LogP contribution in [-0.4, -0.2) is 11.9 Å². The molecule has 5 heteroatoms. The van der Waals surface area contributed by atoms with Crippen LogP contribution >= 0.6 is 27.5 Å². The predicted octanol–water partition coefficient (Wildman–Crippen LogP) is 4.11. The molecule has 1 N–H and O–H groups in total. The van der Waals surface area contributed by atoms with E-state index in [2.05, 4.69) is 15.9 Å². The molecular weight excluding hydrogens is 344 g/mol. The van der Waals surface area contributed by atoms with Gasteiger partial charge in [0.1, 0.15) is 0 Å². The summed E-state index contributed by atoms with van der Waals surface area (Å²) in [6.45, 7) is 0.168. The predicted molar refractivity (Wildman–Crippen MR) is 80.4 cm³/mol. The second-order valence-electron chi connectivity index (χ2n) is 4.58. The minimum atomic E-state index is -0.636. The molecule has 104 valence electrons. The van der Waals surface area contributed by atoms with Crippen molar-refractivity contribution in [3.63, 3.8) is 0 Å². The monoisotopic (exact) mass is 354 g/mol. The Morgan fingerprint density at radius 2 is 1.95 bits per heavy atom. The summed E-state index contributed by atoms with van der Waals surface area (Å²) >= 11 is 9.51. The largest absolute Gasteiger partial charge is 0.454 e. The fourth-order valence-corrected chi connectivity index (χ4v) is 2.68. The van der Waals surface area contributed by atoms with Crippen LogP contribution in [0.25, 0.3) is 0 Å². The van der Waals surface area contributed by atoms with E-state index < -0.39 is 6.10 Å². The molecular formula is C15H12BrClO3. The summed E-state index contributed by atoms with van der Waals surface area (Å²) in [5, 5.41) is 10.8. The number of rotatable bonds is 3. The van der Waals surface area contributed by atoms with Crippen LogP contribution < -0.4 is 9.47 Å². The number of hydrogen-bond donors (Lipinski definition) is 1. The van der Waals surface area contributed by atoms with E-state index in [0.717, 1.165) is 15.6 Å². The van der Waals surface area contributed by atoms with Gasteiger partial charge in [0.05, 0.1) is 11.1 Å². The highest BCUT2D eigenvalue weighted by molar-refractivity contribution is 9.10. The molecule has 0 bridgehead atoms. The van der Waals surface area contributed by atoms with E-state index in [-0.39, 0.29) is 6.79 Å². The third kappa shape index (κ3) is 2.77. The van der Waals surface area contributed by atoms with Gasteiger partial charge in [-0.15, -0.1) is 0 Å². The molecule has 2 aromatic rings. The van der Waals surface area contributed by atoms with Gasteiger partial charge in [0.25, 0.3) is 0 Å². The lowest BCUT2D eigenvalue weighted by atomic mass is 10.0. The molecule has 0 aliphatic carbocycles. The first kappa shape index (κ1) is 13.7. The van der Waals surface area contributed by atoms with Gasteiger partial charge in [0, 0.05) is 10.9 Å². The third-order valence-corrected chi connectivity index (χ3v) is 3.99. The van der Waals surface area contributed by atoms with E-state index in [9.17, 15) is 5.11 Å². The van der Waals surface area contributed by atoms with Crippen molar-refractivity contribution in [3.8, 4) is 11.5 Å². The number of hydrogen-bond acceptors (Lipinski definition) is 3. The number of aliphatic hydroxyl groups is 1. The van der Waals surface area contributed by atoms with Crippen LogP contribution in [0.1, 0.15) is 17.2 Å². The van der Waals surface area contributed by atoms with Crippen LogP contribution in [0.4, 0.5) is 0 Å². The van der Waals surface area contributed by atoms with Gasteiger partial charge in [0.15, 0.2) is 11.5 Å². The lowest BCUT2D eigenvalue weighted by Gasteiger charge is -2.12. The number of halogens is 2. The molecule has 1 heterocycles. The number of benzene rings is 2. The first-order valence-electron chi connectivity index (χ1n) is 6.15. The van der Waals surface area contributed by atoms with Gasteiger partial charge in [-0.1, -0.05) is 39.7 Å². The van der Waals surface area contributed by atoms with Crippen LogP contribution in [0.5, 0.6) is 11.5 Å². The SMILES string of the molecule is OC(Cc1ccc(Br)cc1)c1cc(Cl)c2c(c1)OCO2. The van der Waals surface area contributed by atoms with Gasteiger partial charge in [-0.05, 0) is 35.4 Å². The molecule has 20 heavy (non-hydrogen) atoms. The second-order valence-corrected chi connectivity index (χ2v) is 5.91. The molecule has 0 amide bonds. The van der Waals surface area contributed by atoms with Crippen molar-refractivity contribution < 1.29 is 14.6 Å². The number of ether oxygens (including phenoxy) is 2. The topological polar surface area (TPSA) is 38.7 Å². The fraction of sp³-hybridized carbons (Fsp3) is 0.200. The summed E-state index contributed by atoms with van der Waals surface area (Å²) in [7, 11) is 0. The van der Waals surface area contributed by atoms with E-state index in [4.69, 9.17) is 21.1 Å². The molecule has 3 rings (SSSR count). The Balaban J connectivity index is 1.82. The number of aliphatic hydroxyl groups excluding tert-OH is 1. The maximum absolute atomic E-state index is 10.3. The Morgan fingerprint density at radius 1 is 1.20 bits per heavy atom. The van der Waals surface area contributed by atoms with Crippen molar-refractivity contribution in [2.75, 3.05) is 6.79 Å². The summed E-state index contributed by atoms with van der Waals surface area (Å²) in [5.74, 6) is 1.13. The Morgan fingerprint density at radius 3 is 2.70 bits per heavy atom. The zero-order valence-corrected chi connectivity index (χ0v) is 12.8. The molecule has 0 saturated carbocycles. The molecule has 2 aromatic carbocycles. The second kappa shape index (κ2) is 5.64. The first-order valence-corrected chi connectivity index (χ1v) is 7.32. The average molecular weight is 356 g/mol. The van der Waals surface area contributed by atoms with Crippen LogP contribution in [0.3, 0.4) is 0 Å². The molecule has 0 saturated heterocycles. The normalized spacial score (nSPS) is 14.3. The first-order chi connectivity index (χ1) is 9.63. The minimum Gasteiger partial charge on any atom is -0.454 e. The maximum atomic E-state index is 10.3. The highest BCUT2D eigenvalue weighted by Crippen LogP contribution is 2.41. The van der Waals surface area contributed by atoms with Crippen molar-refractivity contribution in [2.24, 2.45) is 0 Å². The maximum Gasteiger partial charge on any atom is 0.231 e. The Kier molecular flexibility index (Phi) is 3.87. The van der Waals surface area contributed by atoms with Crippen molar-refractivity contribution >= 4 is 27.5 Å². The molecule has 0 spiro atoms. The fourth-order valence-electron chi connectivity index (χ4n) is 2.14. The molecule has 3 nitrogen and oxygen atoms in total. The average Bonchev–Trinajstić information content (AvgIpc) is 2.90. The molecule has 1 atom stereocenters. The highest BCUT2D eigenvalue weighted by atomic mass is 79.9. The summed E-state index contributed by atoms with van der Waals surface area (Å²) < 4.78 is 11.6. The van der Waals surface area contributed by atoms with Gasteiger partial charge >= 0.3 is 0 Å². The van der Waals surface area contributed by atoms with Crippen LogP contribution in [-0.2, 0) is 6.42 Å². The zero-order valence-electron chi connectivity index (χ0n) is 10.5. The van der Waals surface area contributed by atoms with Crippen LogP contribution in [0, 0.1) is 0 Å². The summed E-state index contributed by atoms with van der Waals surface area (Å²) in [6, 6.07) is 11.4. The molecule has 0 fully saturated rings. The minimum absolute atomic E-state index is 0.168. The summed E-state index contributed by atoms with van der Waals surface area (Å²) in [6.07, 6.45) is -0.119. The smallest absolute Gasteiger partial charge is 0.231 e. The van der Waals surface area contributed by atoms with Crippen molar-refractivity contribution in [2.45, 2.75) is 12.5 Å².